The van der Waals surface area contributed by atoms with Crippen molar-refractivity contribution < 1.29 is 9.53 Å². The lowest BCUT2D eigenvalue weighted by Crippen LogP contribution is -2.44. The molecular formula is C10H21N3O2. The van der Waals surface area contributed by atoms with Crippen molar-refractivity contribution >= 4 is 5.91 Å². The fourth-order valence-corrected chi connectivity index (χ4v) is 1.66. The summed E-state index contributed by atoms with van der Waals surface area (Å²) in [5.41, 5.74) is 10.5. The van der Waals surface area contributed by atoms with Crippen molar-refractivity contribution in [3.63, 3.8) is 0 Å². The van der Waals surface area contributed by atoms with Gasteiger partial charge in [0.25, 0.3) is 0 Å². The van der Waals surface area contributed by atoms with Crippen molar-refractivity contribution in [3.05, 3.63) is 0 Å². The average molecular weight is 215 g/mol. The molecular weight excluding hydrogens is 194 g/mol. The molecule has 0 spiro atoms. The third kappa shape index (κ3) is 5.11. The molecule has 88 valence electrons. The van der Waals surface area contributed by atoms with E-state index in [1.807, 2.05) is 0 Å². The normalized spacial score (nSPS) is 23.7. The number of ether oxygens (including phenoxy) is 1. The van der Waals surface area contributed by atoms with Gasteiger partial charge in [-0.25, -0.2) is 0 Å². The minimum absolute atomic E-state index is 0.371. The Bertz CT molecular complexity index is 193. The van der Waals surface area contributed by atoms with Crippen LogP contribution in [-0.4, -0.2) is 37.7 Å². The summed E-state index contributed by atoms with van der Waals surface area (Å²) in [6.07, 6.45) is 4.92. The highest BCUT2D eigenvalue weighted by Crippen LogP contribution is 2.14. The Morgan fingerprint density at radius 3 is 2.93 bits per heavy atom. The van der Waals surface area contributed by atoms with Crippen LogP contribution in [-0.2, 0) is 9.53 Å². The highest BCUT2D eigenvalue weighted by molar-refractivity contribution is 5.79. The van der Waals surface area contributed by atoms with E-state index in [4.69, 9.17) is 16.2 Å². The molecule has 1 aliphatic rings. The van der Waals surface area contributed by atoms with Crippen LogP contribution in [0.1, 0.15) is 25.7 Å². The second kappa shape index (κ2) is 6.76. The Morgan fingerprint density at radius 1 is 1.53 bits per heavy atom. The summed E-state index contributed by atoms with van der Waals surface area (Å²) in [7, 11) is 0. The summed E-state index contributed by atoms with van der Waals surface area (Å²) in [5.74, 6) is -0.462. The van der Waals surface area contributed by atoms with Gasteiger partial charge in [-0.15, -0.1) is 0 Å². The molecule has 0 radical (unpaired) electrons. The molecule has 1 fully saturated rings. The minimum Gasteiger partial charge on any atom is -0.378 e. The zero-order valence-corrected chi connectivity index (χ0v) is 9.08. The van der Waals surface area contributed by atoms with Crippen LogP contribution in [0.4, 0.5) is 0 Å². The van der Waals surface area contributed by atoms with Crippen LogP contribution >= 0.6 is 0 Å². The number of nitrogens with two attached hydrogens (primary N) is 2. The van der Waals surface area contributed by atoms with Crippen molar-refractivity contribution in [2.24, 2.45) is 11.5 Å². The fourth-order valence-electron chi connectivity index (χ4n) is 1.66. The monoisotopic (exact) mass is 215 g/mol. The van der Waals surface area contributed by atoms with Gasteiger partial charge in [-0.1, -0.05) is 0 Å². The highest BCUT2D eigenvalue weighted by atomic mass is 16.5. The van der Waals surface area contributed by atoms with E-state index in [-0.39, 0.29) is 0 Å². The highest BCUT2D eigenvalue weighted by Gasteiger charge is 2.13. The summed E-state index contributed by atoms with van der Waals surface area (Å²) >= 11 is 0. The third-order valence-electron chi connectivity index (χ3n) is 2.65. The Hall–Kier alpha value is -0.650. The molecule has 0 aliphatic carbocycles. The maximum absolute atomic E-state index is 10.6. The summed E-state index contributed by atoms with van der Waals surface area (Å²) < 4.78 is 5.57. The summed E-state index contributed by atoms with van der Waals surface area (Å²) in [4.78, 5) is 10.6. The molecule has 0 aromatic carbocycles. The molecule has 0 saturated carbocycles. The van der Waals surface area contributed by atoms with Crippen LogP contribution in [0.5, 0.6) is 0 Å². The molecule has 2 unspecified atom stereocenters. The first-order valence-electron chi connectivity index (χ1n) is 5.57. The number of nitrogens with one attached hydrogen (secondary N) is 1. The van der Waals surface area contributed by atoms with Crippen LogP contribution in [0.3, 0.4) is 0 Å². The van der Waals surface area contributed by atoms with Gasteiger partial charge < -0.3 is 21.5 Å². The Balaban J connectivity index is 1.98. The quantitative estimate of drug-likeness (QED) is 0.513. The van der Waals surface area contributed by atoms with Gasteiger partial charge in [-0.3, -0.25) is 4.79 Å². The van der Waals surface area contributed by atoms with E-state index in [9.17, 15) is 4.79 Å². The van der Waals surface area contributed by atoms with Crippen LogP contribution in [0, 0.1) is 0 Å². The molecule has 5 heteroatoms. The first-order valence-corrected chi connectivity index (χ1v) is 5.57. The smallest absolute Gasteiger partial charge is 0.235 e. The van der Waals surface area contributed by atoms with E-state index in [1.54, 1.807) is 0 Å². The van der Waals surface area contributed by atoms with Gasteiger partial charge >= 0.3 is 0 Å². The van der Waals surface area contributed by atoms with Crippen molar-refractivity contribution in [1.29, 1.82) is 0 Å². The zero-order chi connectivity index (χ0) is 11.1. The first kappa shape index (κ1) is 12.4. The predicted octanol–water partition coefficient (Wildman–Crippen LogP) is -0.652. The number of carbonyl (C=O) groups excluding carboxylic acids is 1. The Morgan fingerprint density at radius 2 is 2.33 bits per heavy atom. The molecule has 1 rings (SSSR count). The van der Waals surface area contributed by atoms with Crippen LogP contribution in [0.25, 0.3) is 0 Å². The largest absolute Gasteiger partial charge is 0.378 e. The third-order valence-corrected chi connectivity index (χ3v) is 2.65. The topological polar surface area (TPSA) is 90.4 Å². The molecule has 0 bridgehead atoms. The molecule has 1 aliphatic heterocycles. The minimum atomic E-state index is -0.586. The van der Waals surface area contributed by atoms with E-state index in [0.29, 0.717) is 12.6 Å². The average Bonchev–Trinajstić information content (AvgIpc) is 2.25. The molecule has 1 heterocycles. The first-order chi connectivity index (χ1) is 7.20. The standard InChI is InChI=1S/C10H21N3O2/c11-9(10(12)14)7-13-5-4-8-3-1-2-6-15-8/h8-9,13H,1-7,11H2,(H2,12,14). The summed E-state index contributed by atoms with van der Waals surface area (Å²) in [5, 5.41) is 3.11. The maximum Gasteiger partial charge on any atom is 0.235 e. The van der Waals surface area contributed by atoms with Gasteiger partial charge in [0.2, 0.25) is 5.91 Å². The lowest BCUT2D eigenvalue weighted by atomic mass is 10.1. The SMILES string of the molecule is NC(=O)C(N)CNCCC1CCCCO1. The number of hydrogen-bond donors (Lipinski definition) is 3. The summed E-state index contributed by atoms with van der Waals surface area (Å²) in [6, 6.07) is -0.586. The van der Waals surface area contributed by atoms with Gasteiger partial charge in [0.15, 0.2) is 0 Å². The van der Waals surface area contributed by atoms with Gasteiger partial charge in [-0.05, 0) is 32.2 Å². The van der Waals surface area contributed by atoms with Gasteiger partial charge in [-0.2, -0.15) is 0 Å². The molecule has 1 saturated heterocycles. The van der Waals surface area contributed by atoms with Crippen molar-refractivity contribution in [3.8, 4) is 0 Å². The van der Waals surface area contributed by atoms with Crippen molar-refractivity contribution in [2.75, 3.05) is 19.7 Å². The van der Waals surface area contributed by atoms with E-state index in [0.717, 1.165) is 26.0 Å². The second-order valence-corrected chi connectivity index (χ2v) is 3.99. The van der Waals surface area contributed by atoms with Crippen LogP contribution < -0.4 is 16.8 Å². The maximum atomic E-state index is 10.6. The number of hydrogen-bond acceptors (Lipinski definition) is 4. The lowest BCUT2D eigenvalue weighted by Gasteiger charge is -2.22. The number of primary amides is 1. The molecule has 5 nitrogen and oxygen atoms in total. The van der Waals surface area contributed by atoms with Crippen LogP contribution in [0.15, 0.2) is 0 Å². The van der Waals surface area contributed by atoms with Gasteiger partial charge in [0, 0.05) is 13.2 Å². The van der Waals surface area contributed by atoms with Gasteiger partial charge in [0.1, 0.15) is 0 Å². The van der Waals surface area contributed by atoms with Crippen LogP contribution in [0.2, 0.25) is 0 Å². The van der Waals surface area contributed by atoms with Gasteiger partial charge in [0.05, 0.1) is 12.1 Å². The van der Waals surface area contributed by atoms with E-state index in [1.165, 1.54) is 12.8 Å². The molecule has 0 aromatic rings. The van der Waals surface area contributed by atoms with E-state index < -0.39 is 11.9 Å². The molecule has 2 atom stereocenters. The summed E-state index contributed by atoms with van der Waals surface area (Å²) in [6.45, 7) is 2.15. The van der Waals surface area contributed by atoms with E-state index >= 15 is 0 Å². The van der Waals surface area contributed by atoms with Crippen molar-refractivity contribution in [1.82, 2.24) is 5.32 Å². The Kier molecular flexibility index (Phi) is 5.60. The molecule has 15 heavy (non-hydrogen) atoms. The molecule has 0 aromatic heterocycles. The molecule has 1 amide bonds. The number of carbonyl (C=O) groups is 1. The zero-order valence-electron chi connectivity index (χ0n) is 9.08. The Labute approximate surface area is 90.5 Å². The molecule has 5 N–H and O–H groups in total. The predicted molar refractivity (Wildman–Crippen MR) is 58.2 cm³/mol. The second-order valence-electron chi connectivity index (χ2n) is 3.99. The number of amides is 1. The number of rotatable bonds is 6. The van der Waals surface area contributed by atoms with E-state index in [2.05, 4.69) is 5.32 Å². The lowest BCUT2D eigenvalue weighted by molar-refractivity contribution is -0.119. The van der Waals surface area contributed by atoms with Crippen molar-refractivity contribution in [2.45, 2.75) is 37.8 Å². The fraction of sp³-hybridized carbons (Fsp3) is 0.900.